The number of carbonyl (C=O) groups is 2. The van der Waals surface area contributed by atoms with E-state index in [1.165, 1.54) is 18.2 Å². The van der Waals surface area contributed by atoms with Gasteiger partial charge in [-0.1, -0.05) is 11.6 Å². The number of benzene rings is 1. The van der Waals surface area contributed by atoms with E-state index < -0.39 is 5.82 Å². The fourth-order valence-electron chi connectivity index (χ4n) is 3.52. The zero-order valence-corrected chi connectivity index (χ0v) is 14.8. The molecule has 1 aromatic carbocycles. The normalized spacial score (nSPS) is 23.5. The first-order valence-electron chi connectivity index (χ1n) is 8.80. The minimum Gasteiger partial charge on any atom is -0.354 e. The van der Waals surface area contributed by atoms with Crippen LogP contribution in [-0.4, -0.2) is 48.9 Å². The molecule has 7 heteroatoms. The molecule has 2 heterocycles. The Morgan fingerprint density at radius 2 is 2.16 bits per heavy atom. The van der Waals surface area contributed by atoms with Crippen LogP contribution in [0.1, 0.15) is 36.0 Å². The first-order chi connectivity index (χ1) is 12.0. The second kappa shape index (κ2) is 8.15. The molecule has 2 unspecified atom stereocenters. The van der Waals surface area contributed by atoms with Gasteiger partial charge in [-0.3, -0.25) is 9.59 Å². The van der Waals surface area contributed by atoms with Gasteiger partial charge in [0.1, 0.15) is 5.82 Å². The summed E-state index contributed by atoms with van der Waals surface area (Å²) in [4.78, 5) is 26.3. The lowest BCUT2D eigenvalue weighted by Crippen LogP contribution is -2.46. The number of likely N-dealkylation sites (tertiary alicyclic amines) is 1. The van der Waals surface area contributed by atoms with Crippen molar-refractivity contribution in [2.75, 3.05) is 26.2 Å². The molecular weight excluding hydrogens is 345 g/mol. The van der Waals surface area contributed by atoms with Crippen LogP contribution in [-0.2, 0) is 4.79 Å². The van der Waals surface area contributed by atoms with Crippen molar-refractivity contribution in [1.29, 1.82) is 0 Å². The number of nitrogens with zero attached hydrogens (tertiary/aromatic N) is 1. The average Bonchev–Trinajstić information content (AvgIpc) is 3.16. The predicted octanol–water partition coefficient (Wildman–Crippen LogP) is 2.20. The molecule has 5 nitrogen and oxygen atoms in total. The van der Waals surface area contributed by atoms with Crippen LogP contribution in [0.4, 0.5) is 4.39 Å². The monoisotopic (exact) mass is 367 g/mol. The summed E-state index contributed by atoms with van der Waals surface area (Å²) in [6.45, 7) is 2.54. The topological polar surface area (TPSA) is 61.4 Å². The number of hydrogen-bond acceptors (Lipinski definition) is 3. The van der Waals surface area contributed by atoms with E-state index in [4.69, 9.17) is 11.6 Å². The third-order valence-corrected chi connectivity index (χ3v) is 5.14. The highest BCUT2D eigenvalue weighted by Crippen LogP contribution is 2.21. The van der Waals surface area contributed by atoms with E-state index in [-0.39, 0.29) is 29.3 Å². The molecule has 0 spiro atoms. The van der Waals surface area contributed by atoms with Gasteiger partial charge in [-0.25, -0.2) is 4.39 Å². The Bertz CT molecular complexity index is 649. The van der Waals surface area contributed by atoms with Gasteiger partial charge in [0.2, 0.25) is 5.91 Å². The first kappa shape index (κ1) is 18.1. The van der Waals surface area contributed by atoms with E-state index in [1.807, 2.05) is 0 Å². The van der Waals surface area contributed by atoms with Gasteiger partial charge in [0.25, 0.3) is 5.91 Å². The number of nitrogens with one attached hydrogen (secondary N) is 2. The third-order valence-electron chi connectivity index (χ3n) is 4.91. The van der Waals surface area contributed by atoms with E-state index in [0.29, 0.717) is 24.7 Å². The smallest absolute Gasteiger partial charge is 0.256 e. The van der Waals surface area contributed by atoms with E-state index in [1.54, 1.807) is 4.90 Å². The maximum absolute atomic E-state index is 13.9. The van der Waals surface area contributed by atoms with Crippen molar-refractivity contribution in [3.63, 3.8) is 0 Å². The highest BCUT2D eigenvalue weighted by Gasteiger charge is 2.28. The summed E-state index contributed by atoms with van der Waals surface area (Å²) in [5.41, 5.74) is 0.00680. The minimum atomic E-state index is -0.558. The van der Waals surface area contributed by atoms with Crippen LogP contribution in [0, 0.1) is 11.7 Å². The molecular formula is C18H23ClFN3O2. The van der Waals surface area contributed by atoms with Crippen LogP contribution >= 0.6 is 11.6 Å². The molecule has 0 aromatic heterocycles. The van der Waals surface area contributed by atoms with Crippen LogP contribution in [0.3, 0.4) is 0 Å². The standard InChI is InChI=1S/C18H23ClFN3O2/c19-13-5-6-15(20)14(9-13)18(25)23-8-2-3-12(11-23)10-22-17(24)16-4-1-7-21-16/h5-6,9,12,16,21H,1-4,7-8,10-11H2,(H,22,24). The van der Waals surface area contributed by atoms with E-state index in [9.17, 15) is 14.0 Å². The molecule has 2 saturated heterocycles. The number of hydrogen-bond donors (Lipinski definition) is 2. The zero-order valence-electron chi connectivity index (χ0n) is 14.1. The van der Waals surface area contributed by atoms with Crippen LogP contribution in [0.15, 0.2) is 18.2 Å². The van der Waals surface area contributed by atoms with Gasteiger partial charge in [-0.15, -0.1) is 0 Å². The number of halogens is 2. The molecule has 2 N–H and O–H groups in total. The number of piperidine rings is 1. The summed E-state index contributed by atoms with van der Waals surface area (Å²) in [7, 11) is 0. The molecule has 0 bridgehead atoms. The Hall–Kier alpha value is -1.66. The number of carbonyl (C=O) groups excluding carboxylic acids is 2. The van der Waals surface area contributed by atoms with Crippen molar-refractivity contribution in [3.8, 4) is 0 Å². The fraction of sp³-hybridized carbons (Fsp3) is 0.556. The van der Waals surface area contributed by atoms with Crippen molar-refractivity contribution in [2.24, 2.45) is 5.92 Å². The molecule has 1 aromatic rings. The highest BCUT2D eigenvalue weighted by atomic mass is 35.5. The lowest BCUT2D eigenvalue weighted by molar-refractivity contribution is -0.123. The maximum atomic E-state index is 13.9. The molecule has 2 fully saturated rings. The molecule has 136 valence electrons. The van der Waals surface area contributed by atoms with Crippen LogP contribution in [0.25, 0.3) is 0 Å². The van der Waals surface area contributed by atoms with Crippen LogP contribution in [0.5, 0.6) is 0 Å². The van der Waals surface area contributed by atoms with Crippen LogP contribution < -0.4 is 10.6 Å². The Kier molecular flexibility index (Phi) is 5.91. The molecule has 0 aliphatic carbocycles. The molecule has 2 atom stereocenters. The molecule has 2 amide bonds. The Labute approximate surface area is 151 Å². The second-order valence-electron chi connectivity index (χ2n) is 6.78. The van der Waals surface area contributed by atoms with Crippen molar-refractivity contribution in [2.45, 2.75) is 31.7 Å². The summed E-state index contributed by atoms with van der Waals surface area (Å²) in [6.07, 6.45) is 3.68. The fourth-order valence-corrected chi connectivity index (χ4v) is 3.70. The summed E-state index contributed by atoms with van der Waals surface area (Å²) in [6, 6.07) is 3.92. The quantitative estimate of drug-likeness (QED) is 0.857. The second-order valence-corrected chi connectivity index (χ2v) is 7.21. The van der Waals surface area contributed by atoms with Crippen molar-refractivity contribution in [1.82, 2.24) is 15.5 Å². The Morgan fingerprint density at radius 1 is 1.32 bits per heavy atom. The molecule has 0 radical (unpaired) electrons. The van der Waals surface area contributed by atoms with E-state index in [2.05, 4.69) is 10.6 Å². The van der Waals surface area contributed by atoms with Crippen molar-refractivity contribution < 1.29 is 14.0 Å². The number of rotatable bonds is 4. The van der Waals surface area contributed by atoms with Gasteiger partial charge in [0.15, 0.2) is 0 Å². The zero-order chi connectivity index (χ0) is 17.8. The SMILES string of the molecule is O=C(NCC1CCCN(C(=O)c2cc(Cl)ccc2F)C1)C1CCCN1. The van der Waals surface area contributed by atoms with Gasteiger partial charge >= 0.3 is 0 Å². The van der Waals surface area contributed by atoms with Gasteiger partial charge in [0.05, 0.1) is 11.6 Å². The molecule has 2 aliphatic rings. The Morgan fingerprint density at radius 3 is 2.92 bits per heavy atom. The molecule has 3 rings (SSSR count). The molecule has 0 saturated carbocycles. The molecule has 2 aliphatic heterocycles. The lowest BCUT2D eigenvalue weighted by Gasteiger charge is -2.33. The first-order valence-corrected chi connectivity index (χ1v) is 9.18. The lowest BCUT2D eigenvalue weighted by atomic mass is 9.97. The minimum absolute atomic E-state index is 0.00680. The summed E-state index contributed by atoms with van der Waals surface area (Å²) in [5, 5.41) is 6.50. The third kappa shape index (κ3) is 4.50. The van der Waals surface area contributed by atoms with Gasteiger partial charge < -0.3 is 15.5 Å². The maximum Gasteiger partial charge on any atom is 0.256 e. The summed E-state index contributed by atoms with van der Waals surface area (Å²) < 4.78 is 13.9. The van der Waals surface area contributed by atoms with E-state index >= 15 is 0 Å². The van der Waals surface area contributed by atoms with Crippen LogP contribution in [0.2, 0.25) is 5.02 Å². The van der Waals surface area contributed by atoms with E-state index in [0.717, 1.165) is 32.2 Å². The Balaban J connectivity index is 1.56. The highest BCUT2D eigenvalue weighted by molar-refractivity contribution is 6.31. The summed E-state index contributed by atoms with van der Waals surface area (Å²) >= 11 is 5.88. The average molecular weight is 368 g/mol. The van der Waals surface area contributed by atoms with Gasteiger partial charge in [-0.05, 0) is 56.3 Å². The number of amides is 2. The van der Waals surface area contributed by atoms with Crippen molar-refractivity contribution >= 4 is 23.4 Å². The molecule has 25 heavy (non-hydrogen) atoms. The van der Waals surface area contributed by atoms with Gasteiger partial charge in [-0.2, -0.15) is 0 Å². The summed E-state index contributed by atoms with van der Waals surface area (Å²) in [5.74, 6) is -0.683. The largest absolute Gasteiger partial charge is 0.354 e. The predicted molar refractivity (Wildman–Crippen MR) is 94.1 cm³/mol. The van der Waals surface area contributed by atoms with Crippen molar-refractivity contribution in [3.05, 3.63) is 34.6 Å². The van der Waals surface area contributed by atoms with Gasteiger partial charge in [0, 0.05) is 24.7 Å².